The van der Waals surface area contributed by atoms with E-state index in [1.165, 1.54) is 6.07 Å². The van der Waals surface area contributed by atoms with Crippen LogP contribution in [0.4, 0.5) is 10.1 Å². The summed E-state index contributed by atoms with van der Waals surface area (Å²) in [7, 11) is 0. The Kier molecular flexibility index (Phi) is 4.41. The predicted molar refractivity (Wildman–Crippen MR) is 97.4 cm³/mol. The van der Waals surface area contributed by atoms with Crippen molar-refractivity contribution in [2.75, 3.05) is 5.32 Å². The SMILES string of the molecule is O=C1CC(C(=O)N(Cc2c(F)cccc2Cl)C2CC2)c2ccccc2N1. The summed E-state index contributed by atoms with van der Waals surface area (Å²) >= 11 is 6.15. The molecule has 1 fully saturated rings. The fourth-order valence-electron chi connectivity index (χ4n) is 3.46. The van der Waals surface area contributed by atoms with Crippen molar-refractivity contribution in [1.29, 1.82) is 0 Å². The van der Waals surface area contributed by atoms with Gasteiger partial charge in [0.1, 0.15) is 5.82 Å². The summed E-state index contributed by atoms with van der Waals surface area (Å²) in [5, 5.41) is 3.12. The molecule has 0 radical (unpaired) electrons. The molecule has 2 aliphatic rings. The molecule has 0 bridgehead atoms. The second-order valence-corrected chi connectivity index (χ2v) is 7.20. The first-order chi connectivity index (χ1) is 12.5. The summed E-state index contributed by atoms with van der Waals surface area (Å²) in [6.45, 7) is 0.120. The Bertz CT molecular complexity index is 862. The highest BCUT2D eigenvalue weighted by atomic mass is 35.5. The highest BCUT2D eigenvalue weighted by Crippen LogP contribution is 2.38. The van der Waals surface area contributed by atoms with E-state index in [0.29, 0.717) is 16.3 Å². The van der Waals surface area contributed by atoms with E-state index in [0.717, 1.165) is 18.4 Å². The van der Waals surface area contributed by atoms with Crippen LogP contribution in [0, 0.1) is 5.82 Å². The number of fused-ring (bicyclic) bond motifs is 1. The molecule has 1 aliphatic heterocycles. The lowest BCUT2D eigenvalue weighted by molar-refractivity contribution is -0.136. The molecule has 2 aromatic rings. The Morgan fingerprint density at radius 1 is 1.19 bits per heavy atom. The summed E-state index contributed by atoms with van der Waals surface area (Å²) in [4.78, 5) is 27.0. The third-order valence-corrected chi connectivity index (χ3v) is 5.31. The lowest BCUT2D eigenvalue weighted by atomic mass is 9.89. The topological polar surface area (TPSA) is 49.4 Å². The van der Waals surface area contributed by atoms with Gasteiger partial charge in [-0.15, -0.1) is 0 Å². The largest absolute Gasteiger partial charge is 0.335 e. The van der Waals surface area contributed by atoms with Gasteiger partial charge in [-0.3, -0.25) is 9.59 Å². The molecule has 1 aliphatic carbocycles. The lowest BCUT2D eigenvalue weighted by Gasteiger charge is -2.31. The number of nitrogens with one attached hydrogen (secondary N) is 1. The first-order valence-corrected chi connectivity index (χ1v) is 9.04. The zero-order valence-corrected chi connectivity index (χ0v) is 14.8. The van der Waals surface area contributed by atoms with Crippen molar-refractivity contribution in [3.63, 3.8) is 0 Å². The van der Waals surface area contributed by atoms with Crippen LogP contribution < -0.4 is 5.32 Å². The normalized spacial score (nSPS) is 18.8. The van der Waals surface area contributed by atoms with Gasteiger partial charge in [0, 0.05) is 28.7 Å². The van der Waals surface area contributed by atoms with Gasteiger partial charge in [0.25, 0.3) is 0 Å². The van der Waals surface area contributed by atoms with E-state index in [1.807, 2.05) is 18.2 Å². The van der Waals surface area contributed by atoms with Crippen LogP contribution in [0.5, 0.6) is 0 Å². The van der Waals surface area contributed by atoms with Crippen LogP contribution in [-0.4, -0.2) is 22.8 Å². The van der Waals surface area contributed by atoms with Gasteiger partial charge in [0.05, 0.1) is 12.5 Å². The van der Waals surface area contributed by atoms with E-state index in [4.69, 9.17) is 11.6 Å². The van der Waals surface area contributed by atoms with Crippen molar-refractivity contribution in [1.82, 2.24) is 4.90 Å². The molecule has 1 N–H and O–H groups in total. The highest BCUT2D eigenvalue weighted by molar-refractivity contribution is 6.31. The van der Waals surface area contributed by atoms with Gasteiger partial charge < -0.3 is 10.2 Å². The molecule has 1 unspecified atom stereocenters. The molecule has 2 amide bonds. The Balaban J connectivity index is 1.66. The summed E-state index contributed by atoms with van der Waals surface area (Å²) in [5.41, 5.74) is 1.80. The lowest BCUT2D eigenvalue weighted by Crippen LogP contribution is -2.39. The Morgan fingerprint density at radius 2 is 1.96 bits per heavy atom. The standard InChI is InChI=1S/C20H18ClFN2O2/c21-16-5-3-6-17(22)15(16)11-24(12-8-9-12)20(26)14-10-19(25)23-18-7-2-1-4-13(14)18/h1-7,12,14H,8-11H2,(H,23,25). The first-order valence-electron chi connectivity index (χ1n) is 8.66. The smallest absolute Gasteiger partial charge is 0.231 e. The number of anilines is 1. The van der Waals surface area contributed by atoms with E-state index in [9.17, 15) is 14.0 Å². The molecule has 2 aromatic carbocycles. The number of benzene rings is 2. The molecule has 134 valence electrons. The van der Waals surface area contributed by atoms with Gasteiger partial charge in [-0.05, 0) is 36.6 Å². The Labute approximate surface area is 155 Å². The van der Waals surface area contributed by atoms with Crippen LogP contribution in [0.3, 0.4) is 0 Å². The van der Waals surface area contributed by atoms with Gasteiger partial charge in [0.2, 0.25) is 11.8 Å². The van der Waals surface area contributed by atoms with Crippen LogP contribution in [0.2, 0.25) is 5.02 Å². The van der Waals surface area contributed by atoms with Crippen LogP contribution in [0.15, 0.2) is 42.5 Å². The number of amides is 2. The quantitative estimate of drug-likeness (QED) is 0.878. The average molecular weight is 373 g/mol. The molecule has 0 spiro atoms. The van der Waals surface area contributed by atoms with E-state index < -0.39 is 11.7 Å². The number of carbonyl (C=O) groups excluding carboxylic acids is 2. The van der Waals surface area contributed by atoms with Crippen LogP contribution in [-0.2, 0) is 16.1 Å². The van der Waals surface area contributed by atoms with Crippen molar-refractivity contribution in [3.05, 3.63) is 64.4 Å². The summed E-state index contributed by atoms with van der Waals surface area (Å²) < 4.78 is 14.2. The summed E-state index contributed by atoms with van der Waals surface area (Å²) in [6.07, 6.45) is 1.88. The molecular formula is C20H18ClFN2O2. The van der Waals surface area contributed by atoms with E-state index in [1.54, 1.807) is 23.1 Å². The second-order valence-electron chi connectivity index (χ2n) is 6.79. The highest BCUT2D eigenvalue weighted by Gasteiger charge is 2.39. The molecule has 1 heterocycles. The minimum absolute atomic E-state index is 0.0790. The van der Waals surface area contributed by atoms with E-state index >= 15 is 0 Å². The number of carbonyl (C=O) groups is 2. The first kappa shape index (κ1) is 17.0. The average Bonchev–Trinajstić information content (AvgIpc) is 3.45. The molecule has 26 heavy (non-hydrogen) atoms. The molecule has 6 heteroatoms. The van der Waals surface area contributed by atoms with Crippen LogP contribution in [0.25, 0.3) is 0 Å². The fraction of sp³-hybridized carbons (Fsp3) is 0.300. The third-order valence-electron chi connectivity index (χ3n) is 4.96. The second kappa shape index (κ2) is 6.72. The molecule has 1 atom stereocenters. The predicted octanol–water partition coefficient (Wildman–Crippen LogP) is 4.10. The van der Waals surface area contributed by atoms with Gasteiger partial charge in [0.15, 0.2) is 0 Å². The van der Waals surface area contributed by atoms with Gasteiger partial charge in [-0.1, -0.05) is 35.9 Å². The maximum Gasteiger partial charge on any atom is 0.231 e. The molecule has 4 nitrogen and oxygen atoms in total. The van der Waals surface area contributed by atoms with Crippen molar-refractivity contribution in [3.8, 4) is 0 Å². The maximum absolute atomic E-state index is 14.2. The molecular weight excluding hydrogens is 355 g/mol. The third kappa shape index (κ3) is 3.19. The molecule has 4 rings (SSSR count). The molecule has 1 saturated carbocycles. The molecule has 0 aromatic heterocycles. The number of hydrogen-bond acceptors (Lipinski definition) is 2. The monoisotopic (exact) mass is 372 g/mol. The Hall–Kier alpha value is -2.40. The molecule has 0 saturated heterocycles. The number of nitrogens with zero attached hydrogens (tertiary/aromatic N) is 1. The zero-order valence-electron chi connectivity index (χ0n) is 14.0. The summed E-state index contributed by atoms with van der Waals surface area (Å²) in [6, 6.07) is 11.9. The number of para-hydroxylation sites is 1. The minimum atomic E-state index is -0.550. The zero-order chi connectivity index (χ0) is 18.3. The minimum Gasteiger partial charge on any atom is -0.335 e. The Morgan fingerprint density at radius 3 is 2.69 bits per heavy atom. The van der Waals surface area contributed by atoms with Gasteiger partial charge in [-0.2, -0.15) is 0 Å². The van der Waals surface area contributed by atoms with Crippen LogP contribution >= 0.6 is 11.6 Å². The number of halogens is 2. The van der Waals surface area contributed by atoms with Crippen molar-refractivity contribution < 1.29 is 14.0 Å². The van der Waals surface area contributed by atoms with Crippen molar-refractivity contribution in [2.45, 2.75) is 37.8 Å². The van der Waals surface area contributed by atoms with E-state index in [2.05, 4.69) is 5.32 Å². The van der Waals surface area contributed by atoms with Crippen molar-refractivity contribution in [2.24, 2.45) is 0 Å². The van der Waals surface area contributed by atoms with Gasteiger partial charge in [-0.25, -0.2) is 4.39 Å². The van der Waals surface area contributed by atoms with Crippen LogP contribution in [0.1, 0.15) is 36.3 Å². The maximum atomic E-state index is 14.2. The number of hydrogen-bond donors (Lipinski definition) is 1. The van der Waals surface area contributed by atoms with E-state index in [-0.39, 0.29) is 30.8 Å². The summed E-state index contributed by atoms with van der Waals surface area (Å²) in [5.74, 6) is -1.29. The van der Waals surface area contributed by atoms with Crippen molar-refractivity contribution >= 4 is 29.1 Å². The fourth-order valence-corrected chi connectivity index (χ4v) is 3.68. The number of rotatable bonds is 4. The van der Waals surface area contributed by atoms with Gasteiger partial charge >= 0.3 is 0 Å².